The predicted octanol–water partition coefficient (Wildman–Crippen LogP) is 5.37. The second-order valence-corrected chi connectivity index (χ2v) is 13.5. The topological polar surface area (TPSA) is 108 Å². The van der Waals surface area contributed by atoms with Gasteiger partial charge in [0.15, 0.2) is 5.78 Å². The Morgan fingerprint density at radius 2 is 1.90 bits per heavy atom. The molecule has 1 aromatic rings. The van der Waals surface area contributed by atoms with Gasteiger partial charge in [-0.15, -0.1) is 0 Å². The molecular weight excluding hydrogens is 498 g/mol. The van der Waals surface area contributed by atoms with Crippen molar-refractivity contribution in [3.8, 4) is 0 Å². The molecule has 0 N–H and O–H groups in total. The molecule has 0 bridgehead atoms. The summed E-state index contributed by atoms with van der Waals surface area (Å²) in [6.07, 6.45) is 8.90. The van der Waals surface area contributed by atoms with Crippen LogP contribution in [0.25, 0.3) is 0 Å². The number of fused-ring (bicyclic) bond motifs is 3. The summed E-state index contributed by atoms with van der Waals surface area (Å²) >= 11 is 0. The molecule has 0 radical (unpaired) electrons. The first-order valence-corrected chi connectivity index (χ1v) is 14.2. The van der Waals surface area contributed by atoms with Crippen molar-refractivity contribution in [1.82, 2.24) is 0 Å². The number of oxime groups is 1. The van der Waals surface area contributed by atoms with Crippen LogP contribution in [0, 0.1) is 33.5 Å². The maximum atomic E-state index is 13.1. The van der Waals surface area contributed by atoms with Crippen LogP contribution < -0.4 is 0 Å². The molecule has 39 heavy (non-hydrogen) atoms. The van der Waals surface area contributed by atoms with Crippen LogP contribution in [0.15, 0.2) is 40.3 Å². The standard InChI is InChI=1S/C31H39NO7/c1-8-23(35)39-32-25-24(18-11-14-36-16-18)29(6)13-9-19-28(5)12-10-21(34)27(3,4)20(28)15-22(37-17(2)33)30(19,7)31(29)26(25)38-31/h10-12,14,16,19-20,22,24,26H,8-9,13,15H2,1-7H3/b32-25+/t19-,20+,22-,24-,26-,28-,29+,30+,31-/m1/s1. The van der Waals surface area contributed by atoms with Crippen LogP contribution in [0.1, 0.15) is 85.6 Å². The van der Waals surface area contributed by atoms with Gasteiger partial charge in [0.2, 0.25) is 0 Å². The van der Waals surface area contributed by atoms with Gasteiger partial charge in [0, 0.05) is 35.5 Å². The van der Waals surface area contributed by atoms with Crippen molar-refractivity contribution in [3.63, 3.8) is 0 Å². The molecule has 3 saturated carbocycles. The molecule has 8 heteroatoms. The van der Waals surface area contributed by atoms with Gasteiger partial charge in [-0.1, -0.05) is 52.8 Å². The molecule has 0 aromatic carbocycles. The monoisotopic (exact) mass is 537 g/mol. The summed E-state index contributed by atoms with van der Waals surface area (Å²) in [5.74, 6) is -0.722. The lowest BCUT2D eigenvalue weighted by atomic mass is 9.36. The van der Waals surface area contributed by atoms with Crippen molar-refractivity contribution in [3.05, 3.63) is 36.3 Å². The third kappa shape index (κ3) is 3.10. The Morgan fingerprint density at radius 1 is 1.15 bits per heavy atom. The molecule has 1 aromatic heterocycles. The quantitative estimate of drug-likeness (QED) is 0.220. The molecule has 9 atom stereocenters. The second kappa shape index (κ2) is 8.15. The van der Waals surface area contributed by atoms with Gasteiger partial charge in [0.05, 0.1) is 18.2 Å². The molecule has 210 valence electrons. The van der Waals surface area contributed by atoms with Crippen molar-refractivity contribution >= 4 is 23.4 Å². The third-order valence-electron chi connectivity index (χ3n) is 11.6. The van der Waals surface area contributed by atoms with Crippen LogP contribution >= 0.6 is 0 Å². The van der Waals surface area contributed by atoms with Crippen LogP contribution in [-0.2, 0) is 28.7 Å². The minimum Gasteiger partial charge on any atom is -0.472 e. The normalized spacial score (nSPS) is 46.1. The van der Waals surface area contributed by atoms with Crippen LogP contribution in [-0.4, -0.2) is 41.2 Å². The number of carbonyl (C=O) groups excluding carboxylic acids is 3. The van der Waals surface area contributed by atoms with Gasteiger partial charge < -0.3 is 18.7 Å². The molecule has 2 heterocycles. The Kier molecular flexibility index (Phi) is 5.53. The van der Waals surface area contributed by atoms with E-state index in [1.54, 1.807) is 25.5 Å². The predicted molar refractivity (Wildman–Crippen MR) is 142 cm³/mol. The van der Waals surface area contributed by atoms with E-state index in [1.807, 2.05) is 19.9 Å². The Balaban J connectivity index is 1.54. The van der Waals surface area contributed by atoms with E-state index in [4.69, 9.17) is 18.7 Å². The molecule has 4 aliphatic carbocycles. The zero-order valence-corrected chi connectivity index (χ0v) is 23.9. The highest BCUT2D eigenvalue weighted by Crippen LogP contribution is 2.81. The number of epoxide rings is 1. The summed E-state index contributed by atoms with van der Waals surface area (Å²) in [7, 11) is 0. The van der Waals surface area contributed by atoms with E-state index in [0.717, 1.165) is 18.4 Å². The van der Waals surface area contributed by atoms with E-state index in [-0.39, 0.29) is 47.4 Å². The zero-order chi connectivity index (χ0) is 28.2. The van der Waals surface area contributed by atoms with E-state index in [2.05, 4.69) is 32.0 Å². The Labute approximate surface area is 229 Å². The first kappa shape index (κ1) is 26.5. The van der Waals surface area contributed by atoms with Crippen LogP contribution in [0.3, 0.4) is 0 Å². The fraction of sp³-hybridized carbons (Fsp3) is 0.677. The third-order valence-corrected chi connectivity index (χ3v) is 11.6. The van der Waals surface area contributed by atoms with Crippen molar-refractivity contribution in [1.29, 1.82) is 0 Å². The number of furan rings is 1. The average molecular weight is 538 g/mol. The lowest BCUT2D eigenvalue weighted by Gasteiger charge is -2.67. The van der Waals surface area contributed by atoms with E-state index >= 15 is 0 Å². The minimum atomic E-state index is -0.699. The summed E-state index contributed by atoms with van der Waals surface area (Å²) < 4.78 is 18.5. The number of hydrogen-bond acceptors (Lipinski definition) is 8. The largest absolute Gasteiger partial charge is 0.472 e. The van der Waals surface area contributed by atoms with Crippen molar-refractivity contribution in [2.75, 3.05) is 0 Å². The molecule has 1 saturated heterocycles. The lowest BCUT2D eigenvalue weighted by molar-refractivity contribution is -0.231. The van der Waals surface area contributed by atoms with Gasteiger partial charge in [-0.25, -0.2) is 4.79 Å². The molecule has 0 unspecified atom stereocenters. The minimum absolute atomic E-state index is 0.00704. The lowest BCUT2D eigenvalue weighted by Crippen LogP contribution is -2.70. The number of ether oxygens (including phenoxy) is 2. The summed E-state index contributed by atoms with van der Waals surface area (Å²) in [6.45, 7) is 14.0. The number of hydrogen-bond donors (Lipinski definition) is 0. The van der Waals surface area contributed by atoms with Gasteiger partial charge in [-0.2, -0.15) is 0 Å². The van der Waals surface area contributed by atoms with E-state index < -0.39 is 33.9 Å². The van der Waals surface area contributed by atoms with Crippen LogP contribution in [0.5, 0.6) is 0 Å². The summed E-state index contributed by atoms with van der Waals surface area (Å²) in [5.41, 5.74) is -0.932. The number of rotatable bonds is 4. The van der Waals surface area contributed by atoms with E-state index in [0.29, 0.717) is 12.1 Å². The number of esters is 1. The molecule has 0 amide bonds. The number of allylic oxidation sites excluding steroid dienone is 2. The maximum Gasteiger partial charge on any atom is 0.334 e. The summed E-state index contributed by atoms with van der Waals surface area (Å²) in [5, 5.41) is 4.44. The highest BCUT2D eigenvalue weighted by molar-refractivity contribution is 6.03. The van der Waals surface area contributed by atoms with Crippen molar-refractivity contribution in [2.45, 2.75) is 97.9 Å². The first-order valence-electron chi connectivity index (χ1n) is 14.2. The zero-order valence-electron chi connectivity index (χ0n) is 23.9. The smallest absolute Gasteiger partial charge is 0.334 e. The second-order valence-electron chi connectivity index (χ2n) is 13.5. The van der Waals surface area contributed by atoms with Crippen molar-refractivity contribution in [2.24, 2.45) is 38.7 Å². The first-order chi connectivity index (χ1) is 18.3. The Hall–Kier alpha value is -2.74. The van der Waals surface area contributed by atoms with Gasteiger partial charge in [0.1, 0.15) is 17.8 Å². The number of nitrogens with zero attached hydrogens (tertiary/aromatic N) is 1. The Bertz CT molecular complexity index is 1300. The van der Waals surface area contributed by atoms with Gasteiger partial charge in [-0.05, 0) is 54.2 Å². The fourth-order valence-corrected chi connectivity index (χ4v) is 9.84. The van der Waals surface area contributed by atoms with E-state index in [1.165, 1.54) is 6.92 Å². The molecule has 6 rings (SSSR count). The fourth-order valence-electron chi connectivity index (χ4n) is 9.84. The average Bonchev–Trinajstić information content (AvgIpc) is 3.32. The van der Waals surface area contributed by atoms with Crippen molar-refractivity contribution < 1.29 is 33.1 Å². The van der Waals surface area contributed by atoms with Gasteiger partial charge in [0.25, 0.3) is 0 Å². The van der Waals surface area contributed by atoms with Crippen LogP contribution in [0.4, 0.5) is 0 Å². The van der Waals surface area contributed by atoms with Gasteiger partial charge >= 0.3 is 11.9 Å². The number of carbonyl (C=O) groups is 3. The van der Waals surface area contributed by atoms with Crippen LogP contribution in [0.2, 0.25) is 0 Å². The molecule has 4 fully saturated rings. The number of ketones is 1. The molecular formula is C31H39NO7. The highest BCUT2D eigenvalue weighted by atomic mass is 16.7. The molecule has 1 spiro atoms. The molecule has 1 aliphatic heterocycles. The Morgan fingerprint density at radius 3 is 2.54 bits per heavy atom. The van der Waals surface area contributed by atoms with Gasteiger partial charge in [-0.3, -0.25) is 9.59 Å². The molecule has 5 aliphatic rings. The van der Waals surface area contributed by atoms with E-state index in [9.17, 15) is 14.4 Å². The summed E-state index contributed by atoms with van der Waals surface area (Å²) in [4.78, 5) is 43.1. The highest BCUT2D eigenvalue weighted by Gasteiger charge is 2.89. The molecule has 8 nitrogen and oxygen atoms in total. The SMILES string of the molecule is CCC(=O)O/N=C1/[C@H]2O[C@]23[C@@]2(C)[C@H](CC[C@@]3(C)[C@@H]1c1ccoc1)[C@@]1(C)C=CC(=O)C(C)(C)[C@@H]1C[C@H]2OC(C)=O. The summed E-state index contributed by atoms with van der Waals surface area (Å²) in [6, 6.07) is 1.94. The maximum absolute atomic E-state index is 13.1.